The normalized spacial score (nSPS) is 25.6. The molecule has 17 heavy (non-hydrogen) atoms. The van der Waals surface area contributed by atoms with Crippen molar-refractivity contribution < 1.29 is 9.50 Å². The van der Waals surface area contributed by atoms with E-state index in [-0.39, 0.29) is 12.3 Å². The fourth-order valence-electron chi connectivity index (χ4n) is 2.34. The van der Waals surface area contributed by atoms with Crippen molar-refractivity contribution in [3.05, 3.63) is 24.3 Å². The molecule has 3 N–H and O–H groups in total. The van der Waals surface area contributed by atoms with Crippen molar-refractivity contribution in [3.8, 4) is 5.75 Å². The van der Waals surface area contributed by atoms with Gasteiger partial charge in [-0.05, 0) is 25.0 Å². The first-order valence-corrected chi connectivity index (χ1v) is 6.06. The van der Waals surface area contributed by atoms with Gasteiger partial charge in [0.2, 0.25) is 0 Å². The van der Waals surface area contributed by atoms with Gasteiger partial charge in [0.1, 0.15) is 11.4 Å². The summed E-state index contributed by atoms with van der Waals surface area (Å²) in [5.41, 5.74) is 5.03. The average molecular weight is 238 g/mol. The van der Waals surface area contributed by atoms with E-state index in [1.165, 1.54) is 0 Å². The predicted molar refractivity (Wildman–Crippen MR) is 67.1 cm³/mol. The van der Waals surface area contributed by atoms with Gasteiger partial charge in [-0.25, -0.2) is 4.39 Å². The molecule has 0 saturated carbocycles. The van der Waals surface area contributed by atoms with Gasteiger partial charge < -0.3 is 15.7 Å². The lowest BCUT2D eigenvalue weighted by Crippen LogP contribution is -2.34. The van der Waals surface area contributed by atoms with E-state index < -0.39 is 5.67 Å². The second kappa shape index (κ2) is 4.92. The molecule has 1 fully saturated rings. The van der Waals surface area contributed by atoms with Crippen LogP contribution in [0.15, 0.2) is 24.3 Å². The molecule has 1 aliphatic heterocycles. The maximum atomic E-state index is 14.1. The molecule has 1 aliphatic rings. The van der Waals surface area contributed by atoms with Crippen molar-refractivity contribution in [2.24, 2.45) is 5.73 Å². The quantitative estimate of drug-likeness (QED) is 0.829. The lowest BCUT2D eigenvalue weighted by molar-refractivity contribution is 0.155. The first-order chi connectivity index (χ1) is 8.14. The summed E-state index contributed by atoms with van der Waals surface area (Å²) in [4.78, 5) is 2.03. The molecule has 4 heteroatoms. The topological polar surface area (TPSA) is 49.5 Å². The highest BCUT2D eigenvalue weighted by atomic mass is 19.1. The zero-order chi connectivity index (χ0) is 12.3. The Hall–Kier alpha value is -1.29. The molecular weight excluding hydrogens is 219 g/mol. The maximum Gasteiger partial charge on any atom is 0.138 e. The molecule has 1 heterocycles. The van der Waals surface area contributed by atoms with Crippen LogP contribution in [0.5, 0.6) is 5.75 Å². The molecule has 1 saturated heterocycles. The second-order valence-corrected chi connectivity index (χ2v) is 4.68. The second-order valence-electron chi connectivity index (χ2n) is 4.68. The number of phenols is 1. The van der Waals surface area contributed by atoms with Gasteiger partial charge in [0.05, 0.1) is 5.69 Å². The summed E-state index contributed by atoms with van der Waals surface area (Å²) >= 11 is 0. The third kappa shape index (κ3) is 2.69. The molecule has 0 aromatic heterocycles. The number of rotatable bonds is 2. The number of hydrogen-bond donors (Lipinski definition) is 2. The number of alkyl halides is 1. The average Bonchev–Trinajstić information content (AvgIpc) is 2.53. The number of para-hydroxylation sites is 2. The summed E-state index contributed by atoms with van der Waals surface area (Å²) in [6.07, 6.45) is 1.70. The van der Waals surface area contributed by atoms with Crippen molar-refractivity contribution >= 4 is 5.69 Å². The van der Waals surface area contributed by atoms with Gasteiger partial charge >= 0.3 is 0 Å². The van der Waals surface area contributed by atoms with Crippen LogP contribution in [0, 0.1) is 0 Å². The Morgan fingerprint density at radius 2 is 2.06 bits per heavy atom. The van der Waals surface area contributed by atoms with E-state index >= 15 is 0 Å². The molecule has 1 unspecified atom stereocenters. The van der Waals surface area contributed by atoms with E-state index in [2.05, 4.69) is 0 Å². The van der Waals surface area contributed by atoms with Crippen LogP contribution in [-0.2, 0) is 0 Å². The molecule has 0 aliphatic carbocycles. The first-order valence-electron chi connectivity index (χ1n) is 6.06. The van der Waals surface area contributed by atoms with E-state index in [0.29, 0.717) is 19.4 Å². The van der Waals surface area contributed by atoms with E-state index in [0.717, 1.165) is 18.7 Å². The summed E-state index contributed by atoms with van der Waals surface area (Å²) in [5.74, 6) is 0.256. The van der Waals surface area contributed by atoms with Crippen LogP contribution in [-0.4, -0.2) is 30.4 Å². The summed E-state index contributed by atoms with van der Waals surface area (Å²) in [6, 6.07) is 7.19. The van der Waals surface area contributed by atoms with Gasteiger partial charge in [0, 0.05) is 26.1 Å². The fraction of sp³-hybridized carbons (Fsp3) is 0.538. The summed E-state index contributed by atoms with van der Waals surface area (Å²) < 4.78 is 14.1. The number of hydrogen-bond acceptors (Lipinski definition) is 3. The largest absolute Gasteiger partial charge is 0.506 e. The van der Waals surface area contributed by atoms with Gasteiger partial charge in [-0.1, -0.05) is 12.1 Å². The van der Waals surface area contributed by atoms with Crippen molar-refractivity contribution in [3.63, 3.8) is 0 Å². The monoisotopic (exact) mass is 238 g/mol. The molecule has 1 atom stereocenters. The molecule has 1 aromatic rings. The Bertz CT molecular complexity index is 385. The lowest BCUT2D eigenvalue weighted by atomic mass is 9.97. The molecular formula is C13H19FN2O. The molecule has 3 nitrogen and oxygen atoms in total. The number of nitrogens with zero attached hydrogens (tertiary/aromatic N) is 1. The molecule has 0 bridgehead atoms. The van der Waals surface area contributed by atoms with Gasteiger partial charge in [-0.2, -0.15) is 0 Å². The fourth-order valence-corrected chi connectivity index (χ4v) is 2.34. The predicted octanol–water partition coefficient (Wildman–Crippen LogP) is 2.05. The third-order valence-electron chi connectivity index (χ3n) is 3.47. The van der Waals surface area contributed by atoms with Gasteiger partial charge in [0.15, 0.2) is 0 Å². The van der Waals surface area contributed by atoms with E-state index in [1.807, 2.05) is 17.0 Å². The van der Waals surface area contributed by atoms with Gasteiger partial charge in [-0.3, -0.25) is 0 Å². The highest BCUT2D eigenvalue weighted by Crippen LogP contribution is 2.32. The molecule has 1 aromatic carbocycles. The number of phenolic OH excluding ortho intramolecular Hbond substituents is 1. The third-order valence-corrected chi connectivity index (χ3v) is 3.47. The van der Waals surface area contributed by atoms with Crippen molar-refractivity contribution in [1.82, 2.24) is 0 Å². The van der Waals surface area contributed by atoms with Gasteiger partial charge in [-0.15, -0.1) is 0 Å². The number of anilines is 1. The zero-order valence-corrected chi connectivity index (χ0v) is 9.90. The van der Waals surface area contributed by atoms with Crippen LogP contribution in [0.25, 0.3) is 0 Å². The van der Waals surface area contributed by atoms with E-state index in [1.54, 1.807) is 12.1 Å². The first kappa shape index (κ1) is 12.2. The Morgan fingerprint density at radius 1 is 1.29 bits per heavy atom. The number of benzene rings is 1. The van der Waals surface area contributed by atoms with Crippen LogP contribution >= 0.6 is 0 Å². The van der Waals surface area contributed by atoms with Crippen LogP contribution in [0.4, 0.5) is 10.1 Å². The molecule has 0 amide bonds. The van der Waals surface area contributed by atoms with Crippen molar-refractivity contribution in [2.45, 2.75) is 24.9 Å². The lowest BCUT2D eigenvalue weighted by Gasteiger charge is -2.24. The van der Waals surface area contributed by atoms with Crippen LogP contribution in [0.1, 0.15) is 19.3 Å². The Morgan fingerprint density at radius 3 is 2.76 bits per heavy atom. The van der Waals surface area contributed by atoms with Crippen molar-refractivity contribution in [1.29, 1.82) is 0 Å². The summed E-state index contributed by atoms with van der Waals surface area (Å²) in [5, 5.41) is 9.78. The highest BCUT2D eigenvalue weighted by molar-refractivity contribution is 5.57. The number of halogens is 1. The minimum Gasteiger partial charge on any atom is -0.506 e. The number of aromatic hydroxyl groups is 1. The van der Waals surface area contributed by atoms with Crippen LogP contribution < -0.4 is 10.6 Å². The Balaban J connectivity index is 2.12. The van der Waals surface area contributed by atoms with Crippen LogP contribution in [0.2, 0.25) is 0 Å². The number of nitrogens with two attached hydrogens (primary N) is 1. The highest BCUT2D eigenvalue weighted by Gasteiger charge is 2.31. The SMILES string of the molecule is NCC1(F)CCCN(c2ccccc2O)CC1. The van der Waals surface area contributed by atoms with E-state index in [9.17, 15) is 9.50 Å². The Kier molecular flexibility index (Phi) is 3.52. The van der Waals surface area contributed by atoms with Crippen molar-refractivity contribution in [2.75, 3.05) is 24.5 Å². The zero-order valence-electron chi connectivity index (χ0n) is 9.90. The summed E-state index contributed by atoms with van der Waals surface area (Å²) in [6.45, 7) is 1.45. The van der Waals surface area contributed by atoms with Crippen LogP contribution in [0.3, 0.4) is 0 Å². The van der Waals surface area contributed by atoms with Gasteiger partial charge in [0.25, 0.3) is 0 Å². The summed E-state index contributed by atoms with van der Waals surface area (Å²) in [7, 11) is 0. The molecule has 2 rings (SSSR count). The molecule has 0 spiro atoms. The molecule has 94 valence electrons. The minimum absolute atomic E-state index is 0.0849. The minimum atomic E-state index is -1.24. The Labute approximate surface area is 101 Å². The standard InChI is InChI=1S/C13H19FN2O/c14-13(10-15)6-3-8-16(9-7-13)11-4-1-2-5-12(11)17/h1-2,4-5,17H,3,6-10,15H2. The smallest absolute Gasteiger partial charge is 0.138 e. The molecule has 0 radical (unpaired) electrons. The van der Waals surface area contributed by atoms with E-state index in [4.69, 9.17) is 5.73 Å². The maximum absolute atomic E-state index is 14.1.